The fraction of sp³-hybridized carbons (Fsp3) is 0.273. The average Bonchev–Trinajstić information content (AvgIpc) is 3.32. The van der Waals surface area contributed by atoms with Gasteiger partial charge in [0.1, 0.15) is 5.75 Å². The molecule has 2 aromatic carbocycles. The lowest BCUT2D eigenvalue weighted by molar-refractivity contribution is -0.128. The Kier molecular flexibility index (Phi) is 5.02. The maximum Gasteiger partial charge on any atom is 0.229 e. The molecular formula is C22H23N3O3. The van der Waals surface area contributed by atoms with Crippen LogP contribution in [0.25, 0.3) is 10.9 Å². The van der Waals surface area contributed by atoms with E-state index in [-0.39, 0.29) is 24.2 Å². The van der Waals surface area contributed by atoms with Gasteiger partial charge in [0, 0.05) is 36.9 Å². The van der Waals surface area contributed by atoms with Crippen LogP contribution < -0.4 is 10.1 Å². The zero-order chi connectivity index (χ0) is 19.5. The highest BCUT2D eigenvalue weighted by Gasteiger charge is 2.34. The summed E-state index contributed by atoms with van der Waals surface area (Å²) in [5.41, 5.74) is 2.77. The molecule has 0 unspecified atom stereocenters. The first-order chi connectivity index (χ1) is 13.6. The molecule has 2 N–H and O–H groups in total. The van der Waals surface area contributed by atoms with E-state index in [9.17, 15) is 9.59 Å². The maximum atomic E-state index is 12.6. The molecule has 0 aliphatic carbocycles. The van der Waals surface area contributed by atoms with Crippen molar-refractivity contribution in [2.24, 2.45) is 5.92 Å². The predicted molar refractivity (Wildman–Crippen MR) is 108 cm³/mol. The molecule has 0 saturated carbocycles. The zero-order valence-corrected chi connectivity index (χ0v) is 15.8. The van der Waals surface area contributed by atoms with Crippen molar-refractivity contribution < 1.29 is 14.3 Å². The molecule has 1 fully saturated rings. The molecule has 0 spiro atoms. The summed E-state index contributed by atoms with van der Waals surface area (Å²) in [6.07, 6.45) is 2.82. The van der Waals surface area contributed by atoms with Crippen LogP contribution in [0, 0.1) is 5.92 Å². The molecule has 1 saturated heterocycles. The van der Waals surface area contributed by atoms with Gasteiger partial charge in [0.2, 0.25) is 11.8 Å². The predicted octanol–water partition coefficient (Wildman–Crippen LogP) is 3.21. The van der Waals surface area contributed by atoms with Gasteiger partial charge >= 0.3 is 0 Å². The van der Waals surface area contributed by atoms with Crippen LogP contribution in [0.2, 0.25) is 0 Å². The lowest BCUT2D eigenvalue weighted by atomic mass is 10.1. The quantitative estimate of drug-likeness (QED) is 0.693. The third kappa shape index (κ3) is 3.71. The molecule has 6 heteroatoms. The molecule has 1 atom stereocenters. The number of rotatable bonds is 6. The number of para-hydroxylation sites is 1. The molecule has 2 amide bonds. The van der Waals surface area contributed by atoms with Gasteiger partial charge in [0.05, 0.1) is 13.0 Å². The molecule has 144 valence electrons. The van der Waals surface area contributed by atoms with Gasteiger partial charge in [-0.05, 0) is 41.6 Å². The van der Waals surface area contributed by atoms with Gasteiger partial charge in [-0.1, -0.05) is 24.3 Å². The summed E-state index contributed by atoms with van der Waals surface area (Å²) in [5.74, 6) is 0.404. The highest BCUT2D eigenvalue weighted by molar-refractivity contribution is 5.98. The number of nitrogens with zero attached hydrogens (tertiary/aromatic N) is 1. The number of hydrogen-bond donors (Lipinski definition) is 2. The van der Waals surface area contributed by atoms with Gasteiger partial charge in [0.15, 0.2) is 0 Å². The minimum atomic E-state index is -0.329. The number of likely N-dealkylation sites (tertiary alicyclic amines) is 1. The third-order valence-electron chi connectivity index (χ3n) is 5.25. The number of carbonyl (C=O) groups is 2. The van der Waals surface area contributed by atoms with E-state index in [0.29, 0.717) is 19.5 Å². The van der Waals surface area contributed by atoms with Crippen molar-refractivity contribution in [3.05, 3.63) is 60.3 Å². The molecule has 0 bridgehead atoms. The number of ether oxygens (including phenoxy) is 1. The van der Waals surface area contributed by atoms with Gasteiger partial charge in [-0.3, -0.25) is 9.59 Å². The third-order valence-corrected chi connectivity index (χ3v) is 5.25. The van der Waals surface area contributed by atoms with Crippen molar-refractivity contribution >= 4 is 28.4 Å². The second-order valence-electron chi connectivity index (χ2n) is 7.07. The minimum Gasteiger partial charge on any atom is -0.496 e. The molecule has 6 nitrogen and oxygen atoms in total. The monoisotopic (exact) mass is 377 g/mol. The summed E-state index contributed by atoms with van der Waals surface area (Å²) in [6, 6.07) is 15.5. The first kappa shape index (κ1) is 18.1. The number of carbonyl (C=O) groups excluding carboxylic acids is 2. The number of aromatic amines is 1. The summed E-state index contributed by atoms with van der Waals surface area (Å²) in [5, 5.41) is 4.04. The summed E-state index contributed by atoms with van der Waals surface area (Å²) >= 11 is 0. The van der Waals surface area contributed by atoms with E-state index in [1.54, 1.807) is 12.0 Å². The van der Waals surface area contributed by atoms with Gasteiger partial charge in [-0.2, -0.15) is 0 Å². The number of hydrogen-bond acceptors (Lipinski definition) is 3. The van der Waals surface area contributed by atoms with Crippen molar-refractivity contribution in [2.75, 3.05) is 25.5 Å². The number of methoxy groups -OCH3 is 1. The van der Waals surface area contributed by atoms with E-state index >= 15 is 0 Å². The molecule has 1 aliphatic rings. The van der Waals surface area contributed by atoms with E-state index < -0.39 is 0 Å². The Balaban J connectivity index is 1.36. The molecule has 4 rings (SSSR count). The Labute approximate surface area is 163 Å². The molecule has 1 aromatic heterocycles. The standard InChI is InChI=1S/C22H23N3O3/c1-28-20-5-3-2-4-16(20)9-11-25-14-17(12-21(25)26)22(27)24-18-7-6-15-8-10-23-19(15)13-18/h2-8,10,13,17,23H,9,11-12,14H2,1H3,(H,24,27)/t17-/m1/s1. The van der Waals surface area contributed by atoms with Crippen LogP contribution in [0.1, 0.15) is 12.0 Å². The topological polar surface area (TPSA) is 74.4 Å². The maximum absolute atomic E-state index is 12.6. The number of anilines is 1. The number of nitrogens with one attached hydrogen (secondary N) is 2. The number of amides is 2. The van der Waals surface area contributed by atoms with Crippen LogP contribution in [0.3, 0.4) is 0 Å². The largest absolute Gasteiger partial charge is 0.496 e. The molecular weight excluding hydrogens is 354 g/mol. The summed E-state index contributed by atoms with van der Waals surface area (Å²) in [6.45, 7) is 1.03. The summed E-state index contributed by atoms with van der Waals surface area (Å²) in [7, 11) is 1.64. The summed E-state index contributed by atoms with van der Waals surface area (Å²) in [4.78, 5) is 29.9. The fourth-order valence-electron chi connectivity index (χ4n) is 3.70. The van der Waals surface area contributed by atoms with E-state index in [1.807, 2.05) is 54.7 Å². The molecule has 2 heterocycles. The highest BCUT2D eigenvalue weighted by Crippen LogP contribution is 2.24. The van der Waals surface area contributed by atoms with Crippen LogP contribution in [-0.2, 0) is 16.0 Å². The lowest BCUT2D eigenvalue weighted by Gasteiger charge is -2.17. The number of fused-ring (bicyclic) bond motifs is 1. The molecule has 28 heavy (non-hydrogen) atoms. The van der Waals surface area contributed by atoms with Crippen molar-refractivity contribution in [2.45, 2.75) is 12.8 Å². The number of aromatic nitrogens is 1. The zero-order valence-electron chi connectivity index (χ0n) is 15.8. The van der Waals surface area contributed by atoms with E-state index in [0.717, 1.165) is 27.9 Å². The smallest absolute Gasteiger partial charge is 0.229 e. The molecule has 0 radical (unpaired) electrons. The van der Waals surface area contributed by atoms with Crippen LogP contribution >= 0.6 is 0 Å². The normalized spacial score (nSPS) is 16.5. The second kappa shape index (κ2) is 7.76. The Morgan fingerprint density at radius 1 is 1.25 bits per heavy atom. The van der Waals surface area contributed by atoms with Crippen LogP contribution in [-0.4, -0.2) is 41.9 Å². The Bertz CT molecular complexity index is 1010. The van der Waals surface area contributed by atoms with Gasteiger partial charge in [-0.15, -0.1) is 0 Å². The van der Waals surface area contributed by atoms with Crippen molar-refractivity contribution in [1.29, 1.82) is 0 Å². The number of H-pyrrole nitrogens is 1. The van der Waals surface area contributed by atoms with Crippen LogP contribution in [0.5, 0.6) is 5.75 Å². The Morgan fingerprint density at radius 2 is 2.11 bits per heavy atom. The number of benzene rings is 2. The van der Waals surface area contributed by atoms with Gasteiger partial charge in [0.25, 0.3) is 0 Å². The van der Waals surface area contributed by atoms with E-state index in [2.05, 4.69) is 10.3 Å². The van der Waals surface area contributed by atoms with Gasteiger partial charge in [-0.25, -0.2) is 0 Å². The fourth-order valence-corrected chi connectivity index (χ4v) is 3.70. The highest BCUT2D eigenvalue weighted by atomic mass is 16.5. The van der Waals surface area contributed by atoms with Gasteiger partial charge < -0.3 is 19.9 Å². The average molecular weight is 377 g/mol. The Hall–Kier alpha value is -3.28. The van der Waals surface area contributed by atoms with Crippen molar-refractivity contribution in [3.8, 4) is 5.75 Å². The van der Waals surface area contributed by atoms with E-state index in [4.69, 9.17) is 4.74 Å². The van der Waals surface area contributed by atoms with Crippen molar-refractivity contribution in [3.63, 3.8) is 0 Å². The Morgan fingerprint density at radius 3 is 2.96 bits per heavy atom. The first-order valence-electron chi connectivity index (χ1n) is 9.42. The van der Waals surface area contributed by atoms with E-state index in [1.165, 1.54) is 0 Å². The van der Waals surface area contributed by atoms with Crippen LogP contribution in [0.15, 0.2) is 54.7 Å². The van der Waals surface area contributed by atoms with Crippen LogP contribution in [0.4, 0.5) is 5.69 Å². The first-order valence-corrected chi connectivity index (χ1v) is 9.42. The summed E-state index contributed by atoms with van der Waals surface area (Å²) < 4.78 is 5.37. The lowest BCUT2D eigenvalue weighted by Crippen LogP contribution is -2.30. The molecule has 1 aliphatic heterocycles. The second-order valence-corrected chi connectivity index (χ2v) is 7.07. The SMILES string of the molecule is COc1ccccc1CCN1C[C@H](C(=O)Nc2ccc3cc[nH]c3c2)CC1=O. The molecule has 3 aromatic rings. The van der Waals surface area contributed by atoms with Crippen molar-refractivity contribution in [1.82, 2.24) is 9.88 Å². The minimum absolute atomic E-state index is 0.0230.